The van der Waals surface area contributed by atoms with E-state index in [1.165, 1.54) is 0 Å². The molecule has 0 aromatic rings. The number of carbonyl (C=O) groups excluding carboxylic acids is 2. The van der Waals surface area contributed by atoms with Crippen LogP contribution in [-0.4, -0.2) is 79.1 Å². The Morgan fingerprint density at radius 1 is 1.23 bits per heavy atom. The quantitative estimate of drug-likeness (QED) is 0.742. The van der Waals surface area contributed by atoms with E-state index in [2.05, 4.69) is 18.9 Å². The molecular weight excluding hydrogens is 282 g/mol. The molecule has 6 nitrogen and oxygen atoms in total. The van der Waals surface area contributed by atoms with Crippen LogP contribution >= 0.6 is 0 Å². The Kier molecular flexibility index (Phi) is 5.67. The molecule has 0 aromatic carbocycles. The topological polar surface area (TPSA) is 53.1 Å². The van der Waals surface area contributed by atoms with E-state index in [0.29, 0.717) is 26.1 Å². The summed E-state index contributed by atoms with van der Waals surface area (Å²) >= 11 is 0. The Bertz CT molecular complexity index is 415. The summed E-state index contributed by atoms with van der Waals surface area (Å²) in [6.07, 6.45) is 4.00. The number of likely N-dealkylation sites (N-methyl/N-ethyl adjacent to an activating group) is 1. The van der Waals surface area contributed by atoms with Crippen molar-refractivity contribution in [1.29, 1.82) is 0 Å². The van der Waals surface area contributed by atoms with Gasteiger partial charge < -0.3 is 14.5 Å². The normalized spacial score (nSPS) is 27.1. The monoisotopic (exact) mass is 311 g/mol. The first-order valence-electron chi connectivity index (χ1n) is 8.35. The lowest BCUT2D eigenvalue weighted by Crippen LogP contribution is -2.62. The minimum atomic E-state index is -0.204. The molecule has 6 heteroatoms. The van der Waals surface area contributed by atoms with E-state index in [4.69, 9.17) is 4.74 Å². The van der Waals surface area contributed by atoms with Crippen molar-refractivity contribution in [1.82, 2.24) is 14.7 Å². The average molecular weight is 311 g/mol. The number of carbonyl (C=O) groups is 2. The predicted molar refractivity (Wildman–Crippen MR) is 84.7 cm³/mol. The lowest BCUT2D eigenvalue weighted by atomic mass is 9.86. The van der Waals surface area contributed by atoms with Gasteiger partial charge in [-0.15, -0.1) is 0 Å². The molecule has 22 heavy (non-hydrogen) atoms. The summed E-state index contributed by atoms with van der Waals surface area (Å²) in [5.41, 5.74) is -0.0948. The van der Waals surface area contributed by atoms with Crippen LogP contribution in [0.4, 0.5) is 4.79 Å². The predicted octanol–water partition coefficient (Wildman–Crippen LogP) is 1.55. The van der Waals surface area contributed by atoms with Crippen LogP contribution < -0.4 is 0 Å². The molecule has 1 atom stereocenters. The second-order valence-corrected chi connectivity index (χ2v) is 6.60. The number of likely N-dealkylation sites (tertiary alicyclic amines) is 1. The number of nitrogens with zero attached hydrogens (tertiary/aromatic N) is 3. The van der Waals surface area contributed by atoms with Crippen molar-refractivity contribution in [2.45, 2.75) is 44.6 Å². The molecule has 2 aliphatic rings. The summed E-state index contributed by atoms with van der Waals surface area (Å²) in [6.45, 7) is 5.53. The molecule has 0 aliphatic carbocycles. The highest BCUT2D eigenvalue weighted by Crippen LogP contribution is 2.32. The molecule has 2 saturated heterocycles. The third kappa shape index (κ3) is 3.72. The van der Waals surface area contributed by atoms with Gasteiger partial charge in [-0.05, 0) is 26.3 Å². The highest BCUT2D eigenvalue weighted by Gasteiger charge is 2.43. The fraction of sp³-hybridized carbons (Fsp3) is 0.875. The van der Waals surface area contributed by atoms with Gasteiger partial charge in [0.25, 0.3) is 0 Å². The van der Waals surface area contributed by atoms with E-state index in [1.54, 1.807) is 4.90 Å². The number of hydrogen-bond acceptors (Lipinski definition) is 4. The molecule has 0 bridgehead atoms. The minimum Gasteiger partial charge on any atom is -0.449 e. The van der Waals surface area contributed by atoms with Crippen LogP contribution in [0.2, 0.25) is 0 Å². The van der Waals surface area contributed by atoms with Crippen LogP contribution in [0.5, 0.6) is 0 Å². The van der Waals surface area contributed by atoms with Crippen molar-refractivity contribution in [3.8, 4) is 0 Å². The molecule has 126 valence electrons. The zero-order valence-corrected chi connectivity index (χ0v) is 14.1. The van der Waals surface area contributed by atoms with E-state index in [0.717, 1.165) is 38.8 Å². The Hall–Kier alpha value is -1.30. The van der Waals surface area contributed by atoms with Gasteiger partial charge in [-0.1, -0.05) is 13.3 Å². The molecule has 0 saturated carbocycles. The number of rotatable bonds is 3. The molecule has 2 rings (SSSR count). The van der Waals surface area contributed by atoms with Gasteiger partial charge >= 0.3 is 6.09 Å². The zero-order valence-electron chi connectivity index (χ0n) is 14.1. The van der Waals surface area contributed by atoms with Gasteiger partial charge in [0.05, 0.1) is 6.61 Å². The molecule has 0 radical (unpaired) electrons. The highest BCUT2D eigenvalue weighted by molar-refractivity contribution is 5.76. The van der Waals surface area contributed by atoms with E-state index >= 15 is 0 Å². The lowest BCUT2D eigenvalue weighted by Gasteiger charge is -2.48. The van der Waals surface area contributed by atoms with Crippen LogP contribution in [0, 0.1) is 0 Å². The summed E-state index contributed by atoms with van der Waals surface area (Å²) in [6, 6.07) is 0. The molecule has 0 aromatic heterocycles. The lowest BCUT2D eigenvalue weighted by molar-refractivity contribution is -0.129. The van der Waals surface area contributed by atoms with Crippen LogP contribution in [0.3, 0.4) is 0 Å². The highest BCUT2D eigenvalue weighted by atomic mass is 16.6. The first-order valence-corrected chi connectivity index (χ1v) is 8.35. The Labute approximate surface area is 133 Å². The van der Waals surface area contributed by atoms with E-state index in [1.807, 2.05) is 11.9 Å². The molecule has 1 unspecified atom stereocenters. The number of piperazine rings is 1. The number of ether oxygens (including phenoxy) is 1. The van der Waals surface area contributed by atoms with Gasteiger partial charge in [0.15, 0.2) is 0 Å². The maximum Gasteiger partial charge on any atom is 0.409 e. The van der Waals surface area contributed by atoms with Crippen molar-refractivity contribution < 1.29 is 14.3 Å². The fourth-order valence-corrected chi connectivity index (χ4v) is 3.31. The zero-order chi connectivity index (χ0) is 16.2. The largest absolute Gasteiger partial charge is 0.449 e. The molecule has 0 N–H and O–H groups in total. The SMILES string of the molecule is CCCCOC(=O)N1CCN(C)C2(CCC(=O)N(C)CC2)C1. The molecule has 2 amide bonds. The van der Waals surface area contributed by atoms with Crippen molar-refractivity contribution in [3.05, 3.63) is 0 Å². The minimum absolute atomic E-state index is 0.0948. The second-order valence-electron chi connectivity index (χ2n) is 6.60. The van der Waals surface area contributed by atoms with Gasteiger partial charge in [-0.25, -0.2) is 4.79 Å². The standard InChI is InChI=1S/C16H29N3O3/c1-4-5-12-22-15(21)19-11-10-18(3)16(13-19)7-6-14(20)17(2)9-8-16/h4-13H2,1-3H3. The number of amides is 2. The molecular formula is C16H29N3O3. The van der Waals surface area contributed by atoms with Crippen molar-refractivity contribution >= 4 is 12.0 Å². The molecule has 2 heterocycles. The first kappa shape index (κ1) is 17.1. The maximum absolute atomic E-state index is 12.2. The van der Waals surface area contributed by atoms with Crippen molar-refractivity contribution in [2.24, 2.45) is 0 Å². The van der Waals surface area contributed by atoms with Gasteiger partial charge in [0, 0.05) is 45.2 Å². The van der Waals surface area contributed by atoms with Crippen LogP contribution in [0.25, 0.3) is 0 Å². The Morgan fingerprint density at radius 2 is 2.00 bits per heavy atom. The summed E-state index contributed by atoms with van der Waals surface area (Å²) in [5, 5.41) is 0. The smallest absolute Gasteiger partial charge is 0.409 e. The summed E-state index contributed by atoms with van der Waals surface area (Å²) in [4.78, 5) is 30.1. The average Bonchev–Trinajstić information content (AvgIpc) is 2.65. The van der Waals surface area contributed by atoms with Gasteiger partial charge in [0.2, 0.25) is 5.91 Å². The van der Waals surface area contributed by atoms with Crippen molar-refractivity contribution in [2.75, 3.05) is 46.9 Å². The van der Waals surface area contributed by atoms with Crippen molar-refractivity contribution in [3.63, 3.8) is 0 Å². The molecule has 2 fully saturated rings. The van der Waals surface area contributed by atoms with Gasteiger partial charge in [0.1, 0.15) is 0 Å². The fourth-order valence-electron chi connectivity index (χ4n) is 3.31. The summed E-state index contributed by atoms with van der Waals surface area (Å²) in [5.74, 6) is 0.202. The van der Waals surface area contributed by atoms with Crippen LogP contribution in [-0.2, 0) is 9.53 Å². The van der Waals surface area contributed by atoms with Gasteiger partial charge in [-0.3, -0.25) is 9.69 Å². The van der Waals surface area contributed by atoms with E-state index in [9.17, 15) is 9.59 Å². The summed E-state index contributed by atoms with van der Waals surface area (Å²) in [7, 11) is 3.97. The maximum atomic E-state index is 12.2. The van der Waals surface area contributed by atoms with Gasteiger partial charge in [-0.2, -0.15) is 0 Å². The summed E-state index contributed by atoms with van der Waals surface area (Å²) < 4.78 is 5.36. The Morgan fingerprint density at radius 3 is 2.73 bits per heavy atom. The van der Waals surface area contributed by atoms with Crippen LogP contribution in [0.1, 0.15) is 39.0 Å². The van der Waals surface area contributed by atoms with E-state index in [-0.39, 0.29) is 17.5 Å². The first-order chi connectivity index (χ1) is 10.5. The number of unbranched alkanes of at least 4 members (excludes halogenated alkanes) is 1. The number of hydrogen-bond donors (Lipinski definition) is 0. The third-order valence-corrected chi connectivity index (χ3v) is 5.12. The second kappa shape index (κ2) is 7.31. The Balaban J connectivity index is 2.01. The van der Waals surface area contributed by atoms with E-state index < -0.39 is 0 Å². The molecule has 1 spiro atoms. The van der Waals surface area contributed by atoms with Crippen LogP contribution in [0.15, 0.2) is 0 Å². The third-order valence-electron chi connectivity index (χ3n) is 5.12. The molecule has 2 aliphatic heterocycles.